The Morgan fingerprint density at radius 2 is 1.95 bits per heavy atom. The van der Waals surface area contributed by atoms with Crippen LogP contribution in [-0.2, 0) is 4.74 Å². The Morgan fingerprint density at radius 1 is 1.32 bits per heavy atom. The van der Waals surface area contributed by atoms with E-state index in [9.17, 15) is 4.79 Å². The fourth-order valence-corrected chi connectivity index (χ4v) is 2.37. The molecule has 5 heteroatoms. The second-order valence-electron chi connectivity index (χ2n) is 4.50. The second kappa shape index (κ2) is 7.73. The SMILES string of the molecule is CC[NH+](CC)C[C@H](C)OC(=O)c1ccc(Cl)cc1Cl. The van der Waals surface area contributed by atoms with Crippen LogP contribution in [0.4, 0.5) is 0 Å². The molecule has 19 heavy (non-hydrogen) atoms. The highest BCUT2D eigenvalue weighted by atomic mass is 35.5. The lowest BCUT2D eigenvalue weighted by molar-refractivity contribution is -0.899. The molecule has 0 amide bonds. The number of benzene rings is 1. The Bertz CT molecular complexity index is 433. The van der Waals surface area contributed by atoms with Gasteiger partial charge in [0.05, 0.1) is 23.7 Å². The summed E-state index contributed by atoms with van der Waals surface area (Å²) in [5.41, 5.74) is 0.354. The Kier molecular flexibility index (Phi) is 6.63. The first-order chi connectivity index (χ1) is 8.97. The monoisotopic (exact) mass is 304 g/mol. The van der Waals surface area contributed by atoms with Crippen molar-refractivity contribution in [2.45, 2.75) is 26.9 Å². The van der Waals surface area contributed by atoms with Crippen LogP contribution in [0.25, 0.3) is 0 Å². The lowest BCUT2D eigenvalue weighted by Gasteiger charge is -2.20. The molecule has 106 valence electrons. The molecule has 0 fully saturated rings. The first-order valence-electron chi connectivity index (χ1n) is 6.47. The number of rotatable bonds is 6. The van der Waals surface area contributed by atoms with E-state index in [0.717, 1.165) is 19.6 Å². The minimum atomic E-state index is -0.402. The Balaban J connectivity index is 2.63. The van der Waals surface area contributed by atoms with Crippen LogP contribution >= 0.6 is 23.2 Å². The van der Waals surface area contributed by atoms with E-state index in [4.69, 9.17) is 27.9 Å². The molecule has 0 unspecified atom stereocenters. The summed E-state index contributed by atoms with van der Waals surface area (Å²) in [6, 6.07) is 4.76. The van der Waals surface area contributed by atoms with E-state index in [2.05, 4.69) is 13.8 Å². The van der Waals surface area contributed by atoms with Crippen LogP contribution < -0.4 is 4.90 Å². The highest BCUT2D eigenvalue weighted by Gasteiger charge is 2.18. The maximum Gasteiger partial charge on any atom is 0.340 e. The molecule has 1 rings (SSSR count). The van der Waals surface area contributed by atoms with E-state index < -0.39 is 5.97 Å². The van der Waals surface area contributed by atoms with Crippen LogP contribution in [0.3, 0.4) is 0 Å². The summed E-state index contributed by atoms with van der Waals surface area (Å²) in [7, 11) is 0. The van der Waals surface area contributed by atoms with Gasteiger partial charge in [0.1, 0.15) is 12.6 Å². The molecule has 0 saturated heterocycles. The zero-order valence-electron chi connectivity index (χ0n) is 11.5. The van der Waals surface area contributed by atoms with Gasteiger partial charge < -0.3 is 9.64 Å². The number of likely N-dealkylation sites (N-methyl/N-ethyl adjacent to an activating group) is 1. The standard InChI is InChI=1S/C14H19Cl2NO2/c1-4-17(5-2)9-10(3)19-14(18)12-7-6-11(15)8-13(12)16/h6-8,10H,4-5,9H2,1-3H3/p+1/t10-/m0/s1. The van der Waals surface area contributed by atoms with Gasteiger partial charge in [0.2, 0.25) is 0 Å². The van der Waals surface area contributed by atoms with Gasteiger partial charge in [-0.25, -0.2) is 4.79 Å². The summed E-state index contributed by atoms with van der Waals surface area (Å²) in [6.07, 6.45) is -0.144. The van der Waals surface area contributed by atoms with Crippen molar-refractivity contribution in [1.82, 2.24) is 0 Å². The maximum atomic E-state index is 12.0. The van der Waals surface area contributed by atoms with E-state index in [0.29, 0.717) is 15.6 Å². The van der Waals surface area contributed by atoms with Crippen LogP contribution in [0.2, 0.25) is 10.0 Å². The van der Waals surface area contributed by atoms with Crippen molar-refractivity contribution in [1.29, 1.82) is 0 Å². The van der Waals surface area contributed by atoms with Gasteiger partial charge in [0.25, 0.3) is 0 Å². The molecule has 1 aromatic carbocycles. The second-order valence-corrected chi connectivity index (χ2v) is 5.34. The fraction of sp³-hybridized carbons (Fsp3) is 0.500. The molecule has 1 atom stereocenters. The third-order valence-corrected chi connectivity index (χ3v) is 3.58. The molecule has 0 saturated carbocycles. The molecule has 0 aliphatic rings. The topological polar surface area (TPSA) is 30.7 Å². The van der Waals surface area contributed by atoms with Gasteiger partial charge >= 0.3 is 5.97 Å². The molecular formula is C14H20Cl2NO2+. The third-order valence-electron chi connectivity index (χ3n) is 3.04. The van der Waals surface area contributed by atoms with Crippen molar-refractivity contribution < 1.29 is 14.4 Å². The molecule has 0 aromatic heterocycles. The van der Waals surface area contributed by atoms with Crippen molar-refractivity contribution in [3.8, 4) is 0 Å². The highest BCUT2D eigenvalue weighted by Crippen LogP contribution is 2.21. The largest absolute Gasteiger partial charge is 0.453 e. The number of esters is 1. The molecule has 1 N–H and O–H groups in total. The van der Waals surface area contributed by atoms with Crippen LogP contribution in [-0.4, -0.2) is 31.7 Å². The summed E-state index contributed by atoms with van der Waals surface area (Å²) in [5, 5.41) is 0.821. The van der Waals surface area contributed by atoms with Gasteiger partial charge in [0.15, 0.2) is 0 Å². The number of hydrogen-bond donors (Lipinski definition) is 1. The molecule has 0 aliphatic carbocycles. The first kappa shape index (κ1) is 16.3. The quantitative estimate of drug-likeness (QED) is 0.819. The lowest BCUT2D eigenvalue weighted by atomic mass is 10.2. The van der Waals surface area contributed by atoms with Crippen LogP contribution in [0.15, 0.2) is 18.2 Å². The predicted molar refractivity (Wildman–Crippen MR) is 78.3 cm³/mol. The number of ether oxygens (including phenoxy) is 1. The summed E-state index contributed by atoms with van der Waals surface area (Å²) in [5.74, 6) is -0.402. The van der Waals surface area contributed by atoms with Gasteiger partial charge in [0, 0.05) is 5.02 Å². The van der Waals surface area contributed by atoms with Crippen LogP contribution in [0.1, 0.15) is 31.1 Å². The number of quaternary nitrogens is 1. The van der Waals surface area contributed by atoms with Crippen molar-refractivity contribution in [2.75, 3.05) is 19.6 Å². The molecule has 0 spiro atoms. The van der Waals surface area contributed by atoms with Gasteiger partial charge in [-0.1, -0.05) is 23.2 Å². The maximum absolute atomic E-state index is 12.0. The number of hydrogen-bond acceptors (Lipinski definition) is 2. The summed E-state index contributed by atoms with van der Waals surface area (Å²) >= 11 is 11.8. The molecule has 0 bridgehead atoms. The van der Waals surface area contributed by atoms with Crippen LogP contribution in [0, 0.1) is 0 Å². The van der Waals surface area contributed by atoms with Gasteiger partial charge in [-0.2, -0.15) is 0 Å². The lowest BCUT2D eigenvalue weighted by Crippen LogP contribution is -3.12. The fourth-order valence-electron chi connectivity index (χ4n) is 1.89. The minimum absolute atomic E-state index is 0.144. The van der Waals surface area contributed by atoms with Crippen molar-refractivity contribution in [3.63, 3.8) is 0 Å². The molecule has 0 aliphatic heterocycles. The van der Waals surface area contributed by atoms with Gasteiger partial charge in [-0.3, -0.25) is 0 Å². The van der Waals surface area contributed by atoms with Gasteiger partial charge in [-0.15, -0.1) is 0 Å². The average Bonchev–Trinajstić information content (AvgIpc) is 2.35. The van der Waals surface area contributed by atoms with E-state index >= 15 is 0 Å². The van der Waals surface area contributed by atoms with E-state index in [1.165, 1.54) is 4.90 Å². The summed E-state index contributed by atoms with van der Waals surface area (Å²) in [4.78, 5) is 13.4. The predicted octanol–water partition coefficient (Wildman–Crippen LogP) is 2.46. The minimum Gasteiger partial charge on any atom is -0.453 e. The summed E-state index contributed by atoms with van der Waals surface area (Å²) < 4.78 is 5.40. The molecule has 1 aromatic rings. The van der Waals surface area contributed by atoms with E-state index in [1.807, 2.05) is 6.92 Å². The number of halogens is 2. The van der Waals surface area contributed by atoms with E-state index in [1.54, 1.807) is 18.2 Å². The number of carbonyl (C=O) groups excluding carboxylic acids is 1. The van der Waals surface area contributed by atoms with Crippen molar-refractivity contribution in [2.24, 2.45) is 0 Å². The highest BCUT2D eigenvalue weighted by molar-refractivity contribution is 6.36. The molecule has 0 radical (unpaired) electrons. The van der Waals surface area contributed by atoms with E-state index in [-0.39, 0.29) is 6.10 Å². The zero-order valence-corrected chi connectivity index (χ0v) is 13.0. The first-order valence-corrected chi connectivity index (χ1v) is 7.23. The molecule has 3 nitrogen and oxygen atoms in total. The van der Waals surface area contributed by atoms with Crippen molar-refractivity contribution in [3.05, 3.63) is 33.8 Å². The number of nitrogens with one attached hydrogen (secondary N) is 1. The average molecular weight is 305 g/mol. The number of carbonyl (C=O) groups is 1. The van der Waals surface area contributed by atoms with Gasteiger partial charge in [-0.05, 0) is 39.0 Å². The molecular weight excluding hydrogens is 285 g/mol. The Morgan fingerprint density at radius 3 is 2.47 bits per heavy atom. The zero-order chi connectivity index (χ0) is 14.4. The molecule has 0 heterocycles. The van der Waals surface area contributed by atoms with Crippen LogP contribution in [0.5, 0.6) is 0 Å². The Hall–Kier alpha value is -0.770. The third kappa shape index (κ3) is 5.01. The smallest absolute Gasteiger partial charge is 0.340 e. The summed E-state index contributed by atoms with van der Waals surface area (Å²) in [6.45, 7) is 8.95. The normalized spacial score (nSPS) is 12.5. The van der Waals surface area contributed by atoms with Crippen molar-refractivity contribution >= 4 is 29.2 Å². The Labute approximate surface area is 124 Å².